The normalized spacial score (nSPS) is 22.5. The van der Waals surface area contributed by atoms with E-state index in [9.17, 15) is 18.3 Å². The van der Waals surface area contributed by atoms with Gasteiger partial charge in [0.2, 0.25) is 10.0 Å². The van der Waals surface area contributed by atoms with Gasteiger partial charge in [-0.15, -0.1) is 0 Å². The topological polar surface area (TPSA) is 86.7 Å². The van der Waals surface area contributed by atoms with Gasteiger partial charge in [-0.05, 0) is 37.6 Å². The van der Waals surface area contributed by atoms with Gasteiger partial charge in [0, 0.05) is 25.2 Å². The Morgan fingerprint density at radius 1 is 1.38 bits per heavy atom. The van der Waals surface area contributed by atoms with Crippen molar-refractivity contribution in [2.75, 3.05) is 19.6 Å². The van der Waals surface area contributed by atoms with Gasteiger partial charge in [-0.1, -0.05) is 6.92 Å². The van der Waals surface area contributed by atoms with Crippen molar-refractivity contribution in [1.29, 1.82) is 0 Å². The van der Waals surface area contributed by atoms with Crippen molar-refractivity contribution in [2.45, 2.75) is 30.8 Å². The standard InChI is InChI=1S/C14H20N2O4S/c1-3-15-21(19,20)12-6-4-11(5-7-12)13(17)16-9-8-14(2,18)10-16/h4-7,15,18H,3,8-10H2,1-2H3. The second-order valence-electron chi connectivity index (χ2n) is 5.50. The fourth-order valence-corrected chi connectivity index (χ4v) is 3.39. The van der Waals surface area contributed by atoms with Crippen LogP contribution < -0.4 is 4.72 Å². The highest BCUT2D eigenvalue weighted by Crippen LogP contribution is 2.22. The van der Waals surface area contributed by atoms with E-state index in [0.717, 1.165) is 0 Å². The number of likely N-dealkylation sites (tertiary alicyclic amines) is 1. The van der Waals surface area contributed by atoms with E-state index < -0.39 is 15.6 Å². The Balaban J connectivity index is 2.14. The quantitative estimate of drug-likeness (QED) is 0.851. The van der Waals surface area contributed by atoms with E-state index in [2.05, 4.69) is 4.72 Å². The van der Waals surface area contributed by atoms with E-state index in [1.165, 1.54) is 24.3 Å². The minimum atomic E-state index is -3.51. The van der Waals surface area contributed by atoms with E-state index in [-0.39, 0.29) is 10.8 Å². The van der Waals surface area contributed by atoms with Crippen molar-refractivity contribution in [2.24, 2.45) is 0 Å². The lowest BCUT2D eigenvalue weighted by Crippen LogP contribution is -2.33. The molecule has 0 bridgehead atoms. The first-order chi connectivity index (χ1) is 9.75. The molecule has 116 valence electrons. The molecule has 0 aromatic heterocycles. The van der Waals surface area contributed by atoms with E-state index >= 15 is 0 Å². The average Bonchev–Trinajstić information content (AvgIpc) is 2.78. The number of rotatable bonds is 4. The fraction of sp³-hybridized carbons (Fsp3) is 0.500. The van der Waals surface area contributed by atoms with Crippen molar-refractivity contribution >= 4 is 15.9 Å². The van der Waals surface area contributed by atoms with Gasteiger partial charge in [0.15, 0.2) is 0 Å². The summed E-state index contributed by atoms with van der Waals surface area (Å²) in [5, 5.41) is 9.89. The minimum absolute atomic E-state index is 0.134. The van der Waals surface area contributed by atoms with Gasteiger partial charge in [0.1, 0.15) is 0 Å². The highest BCUT2D eigenvalue weighted by atomic mass is 32.2. The number of carbonyl (C=O) groups excluding carboxylic acids is 1. The van der Waals surface area contributed by atoms with Gasteiger partial charge in [-0.2, -0.15) is 0 Å². The Morgan fingerprint density at radius 3 is 2.48 bits per heavy atom. The molecule has 2 N–H and O–H groups in total. The highest BCUT2D eigenvalue weighted by molar-refractivity contribution is 7.89. The summed E-state index contributed by atoms with van der Waals surface area (Å²) in [6.45, 7) is 4.51. The number of hydrogen-bond acceptors (Lipinski definition) is 4. The second-order valence-corrected chi connectivity index (χ2v) is 7.27. The van der Waals surface area contributed by atoms with Crippen molar-refractivity contribution in [3.63, 3.8) is 0 Å². The predicted molar refractivity (Wildman–Crippen MR) is 78.4 cm³/mol. The van der Waals surface area contributed by atoms with Crippen LogP contribution in [0.25, 0.3) is 0 Å². The summed E-state index contributed by atoms with van der Waals surface area (Å²) in [4.78, 5) is 14.0. The van der Waals surface area contributed by atoms with E-state index in [1.807, 2.05) is 0 Å². The molecule has 1 fully saturated rings. The first-order valence-corrected chi connectivity index (χ1v) is 8.35. The van der Waals surface area contributed by atoms with Gasteiger partial charge < -0.3 is 10.0 Å². The fourth-order valence-electron chi connectivity index (χ4n) is 2.35. The first-order valence-electron chi connectivity index (χ1n) is 6.86. The summed E-state index contributed by atoms with van der Waals surface area (Å²) in [6.07, 6.45) is 0.547. The molecule has 1 aliphatic rings. The number of benzene rings is 1. The molecule has 6 nitrogen and oxygen atoms in total. The Hall–Kier alpha value is -1.44. The third-order valence-electron chi connectivity index (χ3n) is 3.48. The smallest absolute Gasteiger partial charge is 0.253 e. The van der Waals surface area contributed by atoms with E-state index in [4.69, 9.17) is 0 Å². The minimum Gasteiger partial charge on any atom is -0.388 e. The SMILES string of the molecule is CCNS(=O)(=O)c1ccc(C(=O)N2CCC(C)(O)C2)cc1. The van der Waals surface area contributed by atoms with Crippen LogP contribution in [0.15, 0.2) is 29.2 Å². The van der Waals surface area contributed by atoms with E-state index in [0.29, 0.717) is 31.6 Å². The Bertz CT molecular complexity index is 623. The molecule has 1 aromatic rings. The van der Waals surface area contributed by atoms with Gasteiger partial charge in [-0.25, -0.2) is 13.1 Å². The molecule has 0 radical (unpaired) electrons. The van der Waals surface area contributed by atoms with E-state index in [1.54, 1.807) is 18.7 Å². The molecule has 1 heterocycles. The molecule has 0 spiro atoms. The molecule has 21 heavy (non-hydrogen) atoms. The average molecular weight is 312 g/mol. The summed E-state index contributed by atoms with van der Waals surface area (Å²) >= 11 is 0. The number of sulfonamides is 1. The van der Waals surface area contributed by atoms with Crippen LogP contribution in [0, 0.1) is 0 Å². The Kier molecular flexibility index (Phi) is 4.36. The second kappa shape index (κ2) is 5.75. The van der Waals surface area contributed by atoms with Crippen molar-refractivity contribution < 1.29 is 18.3 Å². The molecule has 1 saturated heterocycles. The lowest BCUT2D eigenvalue weighted by Gasteiger charge is -2.19. The number of nitrogens with zero attached hydrogens (tertiary/aromatic N) is 1. The summed E-state index contributed by atoms with van der Waals surface area (Å²) < 4.78 is 26.0. The van der Waals surface area contributed by atoms with Crippen LogP contribution in [0.1, 0.15) is 30.6 Å². The van der Waals surface area contributed by atoms with Crippen LogP contribution in [0.5, 0.6) is 0 Å². The number of nitrogens with one attached hydrogen (secondary N) is 1. The Labute approximate surface area is 124 Å². The van der Waals surface area contributed by atoms with Crippen LogP contribution in [-0.4, -0.2) is 49.6 Å². The van der Waals surface area contributed by atoms with Crippen LogP contribution in [0.4, 0.5) is 0 Å². The largest absolute Gasteiger partial charge is 0.388 e. The molecule has 2 rings (SSSR count). The third kappa shape index (κ3) is 3.61. The molecule has 7 heteroatoms. The number of hydrogen-bond donors (Lipinski definition) is 2. The summed E-state index contributed by atoms with van der Waals surface area (Å²) in [6, 6.07) is 5.83. The number of carbonyl (C=O) groups is 1. The van der Waals surface area contributed by atoms with Crippen molar-refractivity contribution in [3.8, 4) is 0 Å². The number of β-amino-alcohol motifs (C(OH)–C–C–N with tert-alkyl or cyclic N) is 1. The zero-order chi connectivity index (χ0) is 15.7. The molecular formula is C14H20N2O4S. The van der Waals surface area contributed by atoms with Gasteiger partial charge in [0.05, 0.1) is 10.5 Å². The Morgan fingerprint density at radius 2 is 2.00 bits per heavy atom. The van der Waals surface area contributed by atoms with Gasteiger partial charge in [-0.3, -0.25) is 4.79 Å². The highest BCUT2D eigenvalue weighted by Gasteiger charge is 2.34. The monoisotopic (exact) mass is 312 g/mol. The molecule has 1 aliphatic heterocycles. The van der Waals surface area contributed by atoms with Crippen LogP contribution >= 0.6 is 0 Å². The summed E-state index contributed by atoms with van der Waals surface area (Å²) in [5.41, 5.74) is -0.424. The van der Waals surface area contributed by atoms with Crippen LogP contribution in [0.2, 0.25) is 0 Å². The third-order valence-corrected chi connectivity index (χ3v) is 5.05. The molecular weight excluding hydrogens is 292 g/mol. The molecule has 1 unspecified atom stereocenters. The predicted octanol–water partition coefficient (Wildman–Crippen LogP) is 0.582. The van der Waals surface area contributed by atoms with Crippen molar-refractivity contribution in [1.82, 2.24) is 9.62 Å². The summed E-state index contributed by atoms with van der Waals surface area (Å²) in [7, 11) is -3.51. The van der Waals surface area contributed by atoms with Gasteiger partial charge in [0.25, 0.3) is 5.91 Å². The molecule has 0 aliphatic carbocycles. The summed E-state index contributed by atoms with van der Waals surface area (Å²) in [5.74, 6) is -0.194. The first kappa shape index (κ1) is 15.9. The lowest BCUT2D eigenvalue weighted by molar-refractivity contribution is 0.0572. The number of aliphatic hydroxyl groups is 1. The molecule has 1 amide bonds. The molecule has 1 atom stereocenters. The number of amides is 1. The maximum absolute atomic E-state index is 12.3. The maximum Gasteiger partial charge on any atom is 0.253 e. The zero-order valence-corrected chi connectivity index (χ0v) is 13.0. The van der Waals surface area contributed by atoms with Crippen LogP contribution in [-0.2, 0) is 10.0 Å². The zero-order valence-electron chi connectivity index (χ0n) is 12.2. The molecule has 1 aromatic carbocycles. The molecule has 0 saturated carbocycles. The lowest BCUT2D eigenvalue weighted by atomic mass is 10.1. The van der Waals surface area contributed by atoms with Crippen molar-refractivity contribution in [3.05, 3.63) is 29.8 Å². The van der Waals surface area contributed by atoms with Crippen LogP contribution in [0.3, 0.4) is 0 Å². The van der Waals surface area contributed by atoms with Gasteiger partial charge >= 0.3 is 0 Å². The maximum atomic E-state index is 12.3.